The maximum atomic E-state index is 13.2. The predicted octanol–water partition coefficient (Wildman–Crippen LogP) is 3.94. The number of H-pyrrole nitrogens is 1. The van der Waals surface area contributed by atoms with Crippen LogP contribution in [0.4, 0.5) is 0 Å². The molecule has 0 bridgehead atoms. The summed E-state index contributed by atoms with van der Waals surface area (Å²) in [7, 11) is 0. The first-order chi connectivity index (χ1) is 14.2. The van der Waals surface area contributed by atoms with Gasteiger partial charge in [-0.1, -0.05) is 48.5 Å². The van der Waals surface area contributed by atoms with E-state index >= 15 is 0 Å². The zero-order valence-electron chi connectivity index (χ0n) is 16.6. The van der Waals surface area contributed by atoms with E-state index in [4.69, 9.17) is 4.74 Å². The second-order valence-corrected chi connectivity index (χ2v) is 7.65. The quantitative estimate of drug-likeness (QED) is 0.593. The van der Waals surface area contributed by atoms with E-state index in [1.165, 1.54) is 0 Å². The van der Waals surface area contributed by atoms with Crippen molar-refractivity contribution >= 4 is 22.8 Å². The molecule has 0 aliphatic heterocycles. The Balaban J connectivity index is 1.48. The Kier molecular flexibility index (Phi) is 5.65. The number of para-hydroxylation sites is 1. The van der Waals surface area contributed by atoms with Crippen molar-refractivity contribution in [3.8, 4) is 0 Å². The molecule has 3 aromatic rings. The lowest BCUT2D eigenvalue weighted by atomic mass is 10.1. The van der Waals surface area contributed by atoms with Gasteiger partial charge in [-0.3, -0.25) is 9.59 Å². The maximum Gasteiger partial charge on any atom is 0.309 e. The zero-order valence-corrected chi connectivity index (χ0v) is 16.6. The fourth-order valence-corrected chi connectivity index (χ4v) is 3.88. The molecule has 1 aliphatic carbocycles. The highest BCUT2D eigenvalue weighted by Crippen LogP contribution is 2.40. The molecule has 4 rings (SSSR count). The van der Waals surface area contributed by atoms with E-state index in [1.54, 1.807) is 0 Å². The number of ether oxygens (including phenoxy) is 1. The molecular formula is C24H26N2O3. The van der Waals surface area contributed by atoms with Gasteiger partial charge < -0.3 is 14.6 Å². The van der Waals surface area contributed by atoms with E-state index in [0.29, 0.717) is 26.1 Å². The van der Waals surface area contributed by atoms with Gasteiger partial charge in [0.05, 0.1) is 18.9 Å². The lowest BCUT2D eigenvalue weighted by Gasteiger charge is -2.23. The van der Waals surface area contributed by atoms with Crippen molar-refractivity contribution in [2.45, 2.75) is 26.3 Å². The van der Waals surface area contributed by atoms with Crippen LogP contribution in [0, 0.1) is 11.8 Å². The van der Waals surface area contributed by atoms with Crippen LogP contribution in [-0.2, 0) is 27.3 Å². The largest absolute Gasteiger partial charge is 0.466 e. The second-order valence-electron chi connectivity index (χ2n) is 7.65. The Morgan fingerprint density at radius 1 is 1.10 bits per heavy atom. The molecule has 1 N–H and O–H groups in total. The van der Waals surface area contributed by atoms with Crippen LogP contribution in [0.3, 0.4) is 0 Å². The molecule has 1 heterocycles. The summed E-state index contributed by atoms with van der Waals surface area (Å²) in [5.41, 5.74) is 3.13. The number of carbonyl (C=O) groups is 2. The molecule has 0 unspecified atom stereocenters. The minimum absolute atomic E-state index is 0.0749. The summed E-state index contributed by atoms with van der Waals surface area (Å²) in [6.07, 6.45) is 3.06. The van der Waals surface area contributed by atoms with Gasteiger partial charge >= 0.3 is 5.97 Å². The van der Waals surface area contributed by atoms with Gasteiger partial charge in [0, 0.05) is 30.2 Å². The maximum absolute atomic E-state index is 13.2. The van der Waals surface area contributed by atoms with E-state index in [2.05, 4.69) is 4.98 Å². The number of fused-ring (bicyclic) bond motifs is 1. The Bertz CT molecular complexity index is 996. The first-order valence-electron chi connectivity index (χ1n) is 10.2. The number of hydrogen-bond donors (Lipinski definition) is 1. The molecule has 1 saturated carbocycles. The molecule has 29 heavy (non-hydrogen) atoms. The number of nitrogens with one attached hydrogen (secondary N) is 1. The molecule has 1 amide bonds. The van der Waals surface area contributed by atoms with Gasteiger partial charge in [0.15, 0.2) is 0 Å². The molecule has 1 aliphatic rings. The van der Waals surface area contributed by atoms with Gasteiger partial charge in [0.25, 0.3) is 0 Å². The predicted molar refractivity (Wildman–Crippen MR) is 112 cm³/mol. The fraction of sp³-hybridized carbons (Fsp3) is 0.333. The molecule has 5 nitrogen and oxygen atoms in total. The third kappa shape index (κ3) is 4.50. The van der Waals surface area contributed by atoms with Crippen molar-refractivity contribution in [1.29, 1.82) is 0 Å². The molecular weight excluding hydrogens is 364 g/mol. The number of rotatable bonds is 8. The second kappa shape index (κ2) is 8.52. The van der Waals surface area contributed by atoms with E-state index in [9.17, 15) is 9.59 Å². The summed E-state index contributed by atoms with van der Waals surface area (Å²) in [5, 5.41) is 1.08. The third-order valence-corrected chi connectivity index (χ3v) is 5.55. The normalized spacial score (nSPS) is 17.8. The number of amides is 1. The summed E-state index contributed by atoms with van der Waals surface area (Å²) < 4.78 is 5.14. The van der Waals surface area contributed by atoms with E-state index in [0.717, 1.165) is 28.5 Å². The monoisotopic (exact) mass is 390 g/mol. The van der Waals surface area contributed by atoms with Crippen molar-refractivity contribution in [2.24, 2.45) is 11.8 Å². The number of carbonyl (C=O) groups excluding carboxylic acids is 2. The highest BCUT2D eigenvalue weighted by atomic mass is 16.5. The van der Waals surface area contributed by atoms with Crippen LogP contribution >= 0.6 is 0 Å². The zero-order chi connectivity index (χ0) is 20.2. The molecule has 0 radical (unpaired) electrons. The van der Waals surface area contributed by atoms with Gasteiger partial charge in [-0.15, -0.1) is 0 Å². The van der Waals surface area contributed by atoms with Gasteiger partial charge in [-0.2, -0.15) is 0 Å². The molecule has 1 fully saturated rings. The van der Waals surface area contributed by atoms with Crippen LogP contribution in [0.1, 0.15) is 24.5 Å². The van der Waals surface area contributed by atoms with Crippen molar-refractivity contribution < 1.29 is 14.3 Å². The lowest BCUT2D eigenvalue weighted by Crippen LogP contribution is -2.34. The highest BCUT2D eigenvalue weighted by Gasteiger charge is 2.45. The van der Waals surface area contributed by atoms with Crippen LogP contribution in [0.15, 0.2) is 60.8 Å². The topological polar surface area (TPSA) is 62.4 Å². The number of hydrogen-bond acceptors (Lipinski definition) is 3. The number of esters is 1. The minimum atomic E-state index is -0.138. The van der Waals surface area contributed by atoms with Crippen molar-refractivity contribution in [3.05, 3.63) is 71.9 Å². The molecule has 1 aromatic heterocycles. The Morgan fingerprint density at radius 2 is 1.86 bits per heavy atom. The highest BCUT2D eigenvalue weighted by molar-refractivity contribution is 5.89. The molecule has 2 aromatic carbocycles. The van der Waals surface area contributed by atoms with E-state index in [1.807, 2.05) is 72.6 Å². The standard InChI is InChI=1S/C24H26N2O3/c1-2-29-24(28)21-12-19(21)16-26(15-17-8-4-3-5-9-17)23(27)13-18-14-25-22-11-7-6-10-20(18)22/h3-11,14,19,21,25H,2,12-13,15-16H2,1H3/t19-,21-/m0/s1. The molecule has 2 atom stereocenters. The summed E-state index contributed by atoms with van der Waals surface area (Å²) in [6, 6.07) is 18.0. The smallest absolute Gasteiger partial charge is 0.309 e. The van der Waals surface area contributed by atoms with Gasteiger partial charge in [-0.05, 0) is 36.5 Å². The summed E-state index contributed by atoms with van der Waals surface area (Å²) >= 11 is 0. The number of aromatic amines is 1. The summed E-state index contributed by atoms with van der Waals surface area (Å²) in [4.78, 5) is 30.3. The van der Waals surface area contributed by atoms with Gasteiger partial charge in [-0.25, -0.2) is 0 Å². The Morgan fingerprint density at radius 3 is 2.66 bits per heavy atom. The first kappa shape index (κ1) is 19.2. The SMILES string of the molecule is CCOC(=O)[C@H]1C[C@H]1CN(Cc1ccccc1)C(=O)Cc1c[nH]c2ccccc12. The molecule has 5 heteroatoms. The number of nitrogens with zero attached hydrogens (tertiary/aromatic N) is 1. The molecule has 150 valence electrons. The average molecular weight is 390 g/mol. The number of benzene rings is 2. The first-order valence-corrected chi connectivity index (χ1v) is 10.2. The third-order valence-electron chi connectivity index (χ3n) is 5.55. The van der Waals surface area contributed by atoms with Crippen molar-refractivity contribution in [1.82, 2.24) is 9.88 Å². The van der Waals surface area contributed by atoms with E-state index < -0.39 is 0 Å². The van der Waals surface area contributed by atoms with Crippen LogP contribution in [-0.4, -0.2) is 34.9 Å². The van der Waals surface area contributed by atoms with Gasteiger partial charge in [0.2, 0.25) is 5.91 Å². The van der Waals surface area contributed by atoms with Crippen LogP contribution in [0.5, 0.6) is 0 Å². The summed E-state index contributed by atoms with van der Waals surface area (Å²) in [6.45, 7) is 3.35. The molecule has 0 spiro atoms. The summed E-state index contributed by atoms with van der Waals surface area (Å²) in [5.74, 6) is 0.0492. The Labute approximate surface area is 170 Å². The Hall–Kier alpha value is -3.08. The lowest BCUT2D eigenvalue weighted by molar-refractivity contribution is -0.145. The van der Waals surface area contributed by atoms with Crippen LogP contribution in [0.25, 0.3) is 10.9 Å². The minimum Gasteiger partial charge on any atom is -0.466 e. The van der Waals surface area contributed by atoms with Gasteiger partial charge in [0.1, 0.15) is 0 Å². The van der Waals surface area contributed by atoms with E-state index in [-0.39, 0.29) is 23.7 Å². The fourth-order valence-electron chi connectivity index (χ4n) is 3.88. The molecule has 0 saturated heterocycles. The van der Waals surface area contributed by atoms with Crippen molar-refractivity contribution in [3.63, 3.8) is 0 Å². The van der Waals surface area contributed by atoms with Crippen LogP contribution in [0.2, 0.25) is 0 Å². The number of aromatic nitrogens is 1. The van der Waals surface area contributed by atoms with Crippen molar-refractivity contribution in [2.75, 3.05) is 13.2 Å². The average Bonchev–Trinajstić information content (AvgIpc) is 3.40. The van der Waals surface area contributed by atoms with Crippen LogP contribution < -0.4 is 0 Å².